The number of rotatable bonds is 4. The van der Waals surface area contributed by atoms with Crippen molar-refractivity contribution in [3.8, 4) is 0 Å². The average molecular weight is 568 g/mol. The van der Waals surface area contributed by atoms with Gasteiger partial charge in [-0.05, 0) is 44.0 Å². The first-order valence-electron chi connectivity index (χ1n) is 10.7. The Balaban J connectivity index is 0.000000454. The van der Waals surface area contributed by atoms with Crippen molar-refractivity contribution in [1.82, 2.24) is 5.32 Å². The van der Waals surface area contributed by atoms with Crippen LogP contribution in [-0.2, 0) is 25.6 Å². The van der Waals surface area contributed by atoms with Gasteiger partial charge in [-0.3, -0.25) is 4.79 Å². The molecule has 6 nitrogen and oxygen atoms in total. The molecule has 0 aliphatic carbocycles. The quantitative estimate of drug-likeness (QED) is 0.351. The second-order valence-electron chi connectivity index (χ2n) is 9.42. The fourth-order valence-corrected chi connectivity index (χ4v) is 4.13. The lowest BCUT2D eigenvalue weighted by Crippen LogP contribution is -2.56. The summed E-state index contributed by atoms with van der Waals surface area (Å²) in [5.41, 5.74) is -3.03. The van der Waals surface area contributed by atoms with Crippen LogP contribution in [0.15, 0.2) is 41.6 Å². The summed E-state index contributed by atoms with van der Waals surface area (Å²) >= 11 is 17.7. The molecule has 0 saturated carbocycles. The van der Waals surface area contributed by atoms with Gasteiger partial charge in [0.1, 0.15) is 11.2 Å². The number of nitrogens with one attached hydrogen (secondary N) is 1. The maximum Gasteiger partial charge on any atom is 0.435 e. The lowest BCUT2D eigenvalue weighted by molar-refractivity contribution is -0.275. The van der Waals surface area contributed by atoms with Crippen molar-refractivity contribution < 1.29 is 32.6 Å². The molecule has 2 aliphatic rings. The highest BCUT2D eigenvalue weighted by Gasteiger charge is 2.62. The molecule has 2 heterocycles. The molecule has 2 N–H and O–H groups in total. The maximum absolute atomic E-state index is 14.1. The molecule has 36 heavy (non-hydrogen) atoms. The van der Waals surface area contributed by atoms with E-state index in [1.807, 2.05) is 20.8 Å². The van der Waals surface area contributed by atoms with Crippen LogP contribution >= 0.6 is 34.8 Å². The summed E-state index contributed by atoms with van der Waals surface area (Å²) in [6, 6.07) is 8.74. The first-order chi connectivity index (χ1) is 16.6. The number of aliphatic hydroxyl groups is 1. The predicted molar refractivity (Wildman–Crippen MR) is 132 cm³/mol. The third-order valence-electron chi connectivity index (χ3n) is 5.63. The molecule has 0 amide bonds. The molecule has 12 heteroatoms. The van der Waals surface area contributed by atoms with E-state index in [2.05, 4.69) is 15.2 Å². The summed E-state index contributed by atoms with van der Waals surface area (Å²) in [6.07, 6.45) is -5.35. The van der Waals surface area contributed by atoms with E-state index in [0.29, 0.717) is 30.7 Å². The SMILES string of the molecule is CC(C)(C)OC=O.OC1(c2ccc(C3=NO[C@](c4cc(Cl)c(Cl)c(Cl)c4)(C(F)(F)F)C3)cc2)CNC1. The van der Waals surface area contributed by atoms with Gasteiger partial charge >= 0.3 is 6.18 Å². The lowest BCUT2D eigenvalue weighted by Gasteiger charge is -2.38. The van der Waals surface area contributed by atoms with E-state index in [4.69, 9.17) is 39.6 Å². The van der Waals surface area contributed by atoms with Gasteiger partial charge in [-0.2, -0.15) is 13.2 Å². The number of hydrogen-bond donors (Lipinski definition) is 2. The third-order valence-corrected chi connectivity index (χ3v) is 6.82. The van der Waals surface area contributed by atoms with Gasteiger partial charge in [0.15, 0.2) is 0 Å². The topological polar surface area (TPSA) is 80.2 Å². The molecule has 2 aliphatic heterocycles. The van der Waals surface area contributed by atoms with Crippen LogP contribution in [0, 0.1) is 0 Å². The monoisotopic (exact) mass is 566 g/mol. The average Bonchev–Trinajstić information content (AvgIpc) is 3.22. The van der Waals surface area contributed by atoms with Crippen molar-refractivity contribution in [2.75, 3.05) is 13.1 Å². The van der Waals surface area contributed by atoms with Gasteiger partial charge in [0, 0.05) is 25.1 Å². The minimum atomic E-state index is -4.79. The Morgan fingerprint density at radius 1 is 1.06 bits per heavy atom. The van der Waals surface area contributed by atoms with Crippen LogP contribution in [0.2, 0.25) is 15.1 Å². The summed E-state index contributed by atoms with van der Waals surface area (Å²) < 4.78 is 46.8. The van der Waals surface area contributed by atoms with E-state index >= 15 is 0 Å². The summed E-state index contributed by atoms with van der Waals surface area (Å²) in [6.45, 7) is 6.77. The molecule has 1 fully saturated rings. The molecular formula is C24H24Cl3F3N2O4. The highest BCUT2D eigenvalue weighted by atomic mass is 35.5. The highest BCUT2D eigenvalue weighted by Crippen LogP contribution is 2.50. The van der Waals surface area contributed by atoms with Crippen LogP contribution in [-0.4, -0.2) is 42.2 Å². The Morgan fingerprint density at radius 2 is 1.61 bits per heavy atom. The lowest BCUT2D eigenvalue weighted by atomic mass is 9.85. The van der Waals surface area contributed by atoms with Gasteiger partial charge in [0.25, 0.3) is 12.1 Å². The summed E-state index contributed by atoms with van der Waals surface area (Å²) in [4.78, 5) is 14.6. The Bertz CT molecular complexity index is 1120. The maximum atomic E-state index is 14.1. The van der Waals surface area contributed by atoms with E-state index in [1.165, 1.54) is 0 Å². The number of carbonyl (C=O) groups is 1. The zero-order valence-corrected chi connectivity index (χ0v) is 21.8. The third kappa shape index (κ3) is 5.92. The number of nitrogens with zero attached hydrogens (tertiary/aromatic N) is 1. The molecular weight excluding hydrogens is 544 g/mol. The molecule has 2 aromatic carbocycles. The number of oxime groups is 1. The molecule has 4 rings (SSSR count). The summed E-state index contributed by atoms with van der Waals surface area (Å²) in [5.74, 6) is 0. The first kappa shape index (κ1) is 28.5. The number of hydrogen-bond acceptors (Lipinski definition) is 6. The fourth-order valence-electron chi connectivity index (χ4n) is 3.53. The smallest absolute Gasteiger partial charge is 0.435 e. The molecule has 0 aromatic heterocycles. The Labute approximate surface area is 221 Å². The van der Waals surface area contributed by atoms with E-state index in [-0.39, 0.29) is 31.9 Å². The molecule has 0 bridgehead atoms. The Hall–Kier alpha value is -2.04. The largest absolute Gasteiger partial charge is 0.462 e. The van der Waals surface area contributed by atoms with E-state index < -0.39 is 23.8 Å². The zero-order chi connectivity index (χ0) is 26.9. The second kappa shape index (κ2) is 10.4. The number of carbonyl (C=O) groups excluding carboxylic acids is 1. The fraction of sp³-hybridized carbons (Fsp3) is 0.417. The molecule has 196 valence electrons. The number of alkyl halides is 3. The van der Waals surface area contributed by atoms with Crippen molar-refractivity contribution in [2.45, 2.75) is 50.2 Å². The van der Waals surface area contributed by atoms with Gasteiger partial charge in [0.05, 0.1) is 20.8 Å². The number of halogens is 6. The first-order valence-corrected chi connectivity index (χ1v) is 11.9. The number of ether oxygens (including phenoxy) is 1. The number of β-amino-alcohol motifs (C(OH)–C–C–N with tert-alkyl or cyclic N) is 1. The minimum Gasteiger partial charge on any atom is -0.462 e. The van der Waals surface area contributed by atoms with Gasteiger partial charge < -0.3 is 20.0 Å². The van der Waals surface area contributed by atoms with Gasteiger partial charge in [-0.1, -0.05) is 64.2 Å². The van der Waals surface area contributed by atoms with Crippen LogP contribution in [0.5, 0.6) is 0 Å². The van der Waals surface area contributed by atoms with Crippen molar-refractivity contribution in [1.29, 1.82) is 0 Å². The molecule has 1 saturated heterocycles. The van der Waals surface area contributed by atoms with Gasteiger partial charge in [-0.25, -0.2) is 0 Å². The van der Waals surface area contributed by atoms with Crippen LogP contribution in [0.3, 0.4) is 0 Å². The molecule has 0 radical (unpaired) electrons. The summed E-state index contributed by atoms with van der Waals surface area (Å²) in [5, 5.41) is 16.8. The molecule has 1 atom stereocenters. The summed E-state index contributed by atoms with van der Waals surface area (Å²) in [7, 11) is 0. The Kier molecular flexibility index (Phi) is 8.22. The van der Waals surface area contributed by atoms with Crippen LogP contribution in [0.25, 0.3) is 0 Å². The van der Waals surface area contributed by atoms with Crippen molar-refractivity contribution in [3.05, 3.63) is 68.2 Å². The minimum absolute atomic E-state index is 0.0347. The molecule has 0 spiro atoms. The van der Waals surface area contributed by atoms with Crippen LogP contribution < -0.4 is 5.32 Å². The van der Waals surface area contributed by atoms with Crippen molar-refractivity contribution in [2.24, 2.45) is 5.16 Å². The van der Waals surface area contributed by atoms with E-state index in [1.54, 1.807) is 24.3 Å². The van der Waals surface area contributed by atoms with E-state index in [0.717, 1.165) is 12.1 Å². The van der Waals surface area contributed by atoms with E-state index in [9.17, 15) is 23.1 Å². The predicted octanol–water partition coefficient (Wildman–Crippen LogP) is 5.98. The standard InChI is InChI=1S/C19H14Cl3F3N2O2.C5H10O2/c20-13-5-12(6-14(21)16(13)22)18(19(23,24)25)7-15(27-29-18)10-1-3-11(4-2-10)17(28)8-26-9-17;1-5(2,3)7-4-6/h1-6,26,28H,7-9H2;4H,1-3H3/t18-;/m1./s1. The van der Waals surface area contributed by atoms with Crippen molar-refractivity contribution in [3.63, 3.8) is 0 Å². The molecule has 0 unspecified atom stereocenters. The highest BCUT2D eigenvalue weighted by molar-refractivity contribution is 6.48. The van der Waals surface area contributed by atoms with Crippen molar-refractivity contribution >= 4 is 47.0 Å². The van der Waals surface area contributed by atoms with Crippen LogP contribution in [0.4, 0.5) is 13.2 Å². The molecule has 2 aromatic rings. The second-order valence-corrected chi connectivity index (χ2v) is 10.6. The Morgan fingerprint density at radius 3 is 2.00 bits per heavy atom. The number of benzene rings is 2. The van der Waals surface area contributed by atoms with Gasteiger partial charge in [-0.15, -0.1) is 0 Å². The van der Waals surface area contributed by atoms with Crippen LogP contribution in [0.1, 0.15) is 43.9 Å². The van der Waals surface area contributed by atoms with Gasteiger partial charge in [0.2, 0.25) is 0 Å². The zero-order valence-electron chi connectivity index (χ0n) is 19.5. The normalized spacial score (nSPS) is 20.9.